The van der Waals surface area contributed by atoms with Crippen LogP contribution in [0.3, 0.4) is 0 Å². The largest absolute Gasteiger partial charge is 0.469 e. The molecule has 6 nitrogen and oxygen atoms in total. The van der Waals surface area contributed by atoms with Gasteiger partial charge in [-0.15, -0.1) is 0 Å². The van der Waals surface area contributed by atoms with Gasteiger partial charge in [0.1, 0.15) is 0 Å². The highest BCUT2D eigenvalue weighted by molar-refractivity contribution is 7.87. The van der Waals surface area contributed by atoms with Crippen LogP contribution in [0.2, 0.25) is 0 Å². The Morgan fingerprint density at radius 2 is 2.00 bits per heavy atom. The zero-order chi connectivity index (χ0) is 12.7. The Kier molecular flexibility index (Phi) is 5.87. The maximum Gasteiger partial charge on any atom is 0.305 e. The number of carbonyl (C=O) groups is 1. The van der Waals surface area contributed by atoms with Gasteiger partial charge in [-0.1, -0.05) is 6.42 Å². The van der Waals surface area contributed by atoms with Gasteiger partial charge in [0.25, 0.3) is 10.2 Å². The number of hydrogen-bond donors (Lipinski definition) is 2. The van der Waals surface area contributed by atoms with E-state index in [-0.39, 0.29) is 12.0 Å². The van der Waals surface area contributed by atoms with E-state index in [0.29, 0.717) is 13.0 Å². The second kappa shape index (κ2) is 6.93. The van der Waals surface area contributed by atoms with Crippen LogP contribution in [0.25, 0.3) is 0 Å². The smallest absolute Gasteiger partial charge is 0.305 e. The molecule has 0 unspecified atom stereocenters. The quantitative estimate of drug-likeness (QED) is 0.463. The van der Waals surface area contributed by atoms with E-state index in [1.165, 1.54) is 7.11 Å². The Morgan fingerprint density at radius 3 is 2.59 bits per heavy atom. The summed E-state index contributed by atoms with van der Waals surface area (Å²) in [4.78, 5) is 10.8. The van der Waals surface area contributed by atoms with Crippen molar-refractivity contribution < 1.29 is 17.9 Å². The highest BCUT2D eigenvalue weighted by Gasteiger charge is 2.26. The minimum absolute atomic E-state index is 0.131. The summed E-state index contributed by atoms with van der Waals surface area (Å²) >= 11 is 0. The molecule has 0 atom stereocenters. The molecule has 0 bridgehead atoms. The van der Waals surface area contributed by atoms with Crippen LogP contribution >= 0.6 is 0 Å². The van der Waals surface area contributed by atoms with Gasteiger partial charge in [-0.3, -0.25) is 4.79 Å². The molecule has 1 rings (SSSR count). The van der Waals surface area contributed by atoms with Crippen LogP contribution in [-0.4, -0.2) is 34.1 Å². The Bertz CT molecular complexity index is 338. The maximum absolute atomic E-state index is 11.4. The van der Waals surface area contributed by atoms with Gasteiger partial charge in [-0.05, 0) is 25.7 Å². The molecule has 17 heavy (non-hydrogen) atoms. The molecule has 0 amide bonds. The molecule has 2 N–H and O–H groups in total. The van der Waals surface area contributed by atoms with E-state index in [0.717, 1.165) is 32.1 Å². The van der Waals surface area contributed by atoms with Crippen LogP contribution in [0, 0.1) is 0 Å². The molecule has 0 saturated heterocycles. The Morgan fingerprint density at radius 1 is 1.29 bits per heavy atom. The van der Waals surface area contributed by atoms with Crippen molar-refractivity contribution in [2.75, 3.05) is 13.7 Å². The number of methoxy groups -OCH3 is 1. The standard InChI is InChI=1S/C10H20N2O4S/c1-16-10(13)5-3-2-4-8-11-17(14,15)12-9-6-7-9/h9,11-12H,2-8H2,1H3. The lowest BCUT2D eigenvalue weighted by Gasteiger charge is -2.06. The summed E-state index contributed by atoms with van der Waals surface area (Å²) in [6, 6.07) is 0.131. The van der Waals surface area contributed by atoms with Crippen molar-refractivity contribution >= 4 is 16.2 Å². The first-order valence-electron chi connectivity index (χ1n) is 5.87. The number of ether oxygens (including phenoxy) is 1. The number of hydrogen-bond acceptors (Lipinski definition) is 4. The fraction of sp³-hybridized carbons (Fsp3) is 0.900. The lowest BCUT2D eigenvalue weighted by Crippen LogP contribution is -2.38. The third-order valence-corrected chi connectivity index (χ3v) is 3.70. The van der Waals surface area contributed by atoms with E-state index in [1.54, 1.807) is 0 Å². The lowest BCUT2D eigenvalue weighted by molar-refractivity contribution is -0.140. The van der Waals surface area contributed by atoms with Crippen molar-refractivity contribution in [3.05, 3.63) is 0 Å². The van der Waals surface area contributed by atoms with E-state index in [9.17, 15) is 13.2 Å². The first-order chi connectivity index (χ1) is 8.03. The summed E-state index contributed by atoms with van der Waals surface area (Å²) in [5.74, 6) is -0.221. The van der Waals surface area contributed by atoms with Crippen molar-refractivity contribution in [2.45, 2.75) is 44.6 Å². The molecule has 1 aliphatic rings. The average Bonchev–Trinajstić information content (AvgIpc) is 3.05. The third kappa shape index (κ3) is 7.30. The van der Waals surface area contributed by atoms with Gasteiger partial charge in [-0.2, -0.15) is 13.1 Å². The Balaban J connectivity index is 1.97. The monoisotopic (exact) mass is 264 g/mol. The number of esters is 1. The van der Waals surface area contributed by atoms with Gasteiger partial charge in [0.2, 0.25) is 0 Å². The second-order valence-electron chi connectivity index (χ2n) is 4.18. The molecule has 0 aromatic heterocycles. The summed E-state index contributed by atoms with van der Waals surface area (Å²) in [6.07, 6.45) is 4.51. The highest BCUT2D eigenvalue weighted by atomic mass is 32.2. The summed E-state index contributed by atoms with van der Waals surface area (Å²) < 4.78 is 32.3. The highest BCUT2D eigenvalue weighted by Crippen LogP contribution is 2.19. The van der Waals surface area contributed by atoms with Gasteiger partial charge >= 0.3 is 5.97 Å². The predicted molar refractivity (Wildman–Crippen MR) is 63.6 cm³/mol. The van der Waals surface area contributed by atoms with Crippen molar-refractivity contribution in [3.8, 4) is 0 Å². The Hall–Kier alpha value is -0.660. The van der Waals surface area contributed by atoms with Crippen molar-refractivity contribution in [2.24, 2.45) is 0 Å². The van der Waals surface area contributed by atoms with Crippen molar-refractivity contribution in [3.63, 3.8) is 0 Å². The second-order valence-corrected chi connectivity index (χ2v) is 5.71. The number of nitrogens with one attached hydrogen (secondary N) is 2. The molecular formula is C10H20N2O4S. The molecule has 100 valence electrons. The number of unbranched alkanes of at least 4 members (excludes halogenated alkanes) is 2. The first-order valence-corrected chi connectivity index (χ1v) is 7.35. The van der Waals surface area contributed by atoms with Gasteiger partial charge in [0.05, 0.1) is 7.11 Å². The van der Waals surface area contributed by atoms with Crippen LogP contribution < -0.4 is 9.44 Å². The summed E-state index contributed by atoms with van der Waals surface area (Å²) in [5.41, 5.74) is 0. The molecular weight excluding hydrogens is 244 g/mol. The molecule has 7 heteroatoms. The van der Waals surface area contributed by atoms with E-state index >= 15 is 0 Å². The van der Waals surface area contributed by atoms with E-state index in [1.807, 2.05) is 0 Å². The summed E-state index contributed by atoms with van der Waals surface area (Å²) in [6.45, 7) is 0.406. The van der Waals surface area contributed by atoms with Crippen LogP contribution in [0.15, 0.2) is 0 Å². The molecule has 1 aliphatic carbocycles. The molecule has 0 spiro atoms. The lowest BCUT2D eigenvalue weighted by atomic mass is 10.2. The average molecular weight is 264 g/mol. The molecule has 0 heterocycles. The third-order valence-electron chi connectivity index (χ3n) is 2.48. The Labute approximate surface area is 102 Å². The zero-order valence-corrected chi connectivity index (χ0v) is 10.9. The van der Waals surface area contributed by atoms with Gasteiger partial charge in [0.15, 0.2) is 0 Å². The molecule has 1 fully saturated rings. The molecule has 0 aromatic carbocycles. The summed E-state index contributed by atoms with van der Waals surface area (Å²) in [5, 5.41) is 0. The zero-order valence-electron chi connectivity index (χ0n) is 10.1. The van der Waals surface area contributed by atoms with Crippen molar-refractivity contribution in [1.82, 2.24) is 9.44 Å². The van der Waals surface area contributed by atoms with Crippen molar-refractivity contribution in [1.29, 1.82) is 0 Å². The topological polar surface area (TPSA) is 84.5 Å². The number of rotatable bonds is 9. The predicted octanol–water partition coefficient (Wildman–Crippen LogP) is 0.306. The van der Waals surface area contributed by atoms with E-state index < -0.39 is 10.2 Å². The van der Waals surface area contributed by atoms with Crippen LogP contribution in [-0.2, 0) is 19.7 Å². The van der Waals surface area contributed by atoms with Crippen LogP contribution in [0.4, 0.5) is 0 Å². The SMILES string of the molecule is COC(=O)CCCCCNS(=O)(=O)NC1CC1. The van der Waals surface area contributed by atoms with E-state index in [4.69, 9.17) is 0 Å². The minimum Gasteiger partial charge on any atom is -0.469 e. The first kappa shape index (κ1) is 14.4. The summed E-state index contributed by atoms with van der Waals surface area (Å²) in [7, 11) is -1.96. The fourth-order valence-corrected chi connectivity index (χ4v) is 2.51. The number of carbonyl (C=O) groups excluding carboxylic acids is 1. The van der Waals surface area contributed by atoms with Crippen LogP contribution in [0.5, 0.6) is 0 Å². The normalized spacial score (nSPS) is 15.8. The van der Waals surface area contributed by atoms with E-state index in [2.05, 4.69) is 14.2 Å². The molecule has 0 aliphatic heterocycles. The molecule has 1 saturated carbocycles. The minimum atomic E-state index is -3.32. The fourth-order valence-electron chi connectivity index (χ4n) is 1.34. The van der Waals surface area contributed by atoms with Gasteiger partial charge in [0, 0.05) is 19.0 Å². The maximum atomic E-state index is 11.4. The van der Waals surface area contributed by atoms with Crippen LogP contribution in [0.1, 0.15) is 38.5 Å². The van der Waals surface area contributed by atoms with Gasteiger partial charge < -0.3 is 4.74 Å². The van der Waals surface area contributed by atoms with Gasteiger partial charge in [-0.25, -0.2) is 4.72 Å². The molecule has 0 aromatic rings. The molecule has 0 radical (unpaired) electrons.